The van der Waals surface area contributed by atoms with Crippen LogP contribution in [-0.4, -0.2) is 22.6 Å². The first-order valence-electron chi connectivity index (χ1n) is 7.93. The first kappa shape index (κ1) is 17.5. The Balaban J connectivity index is 2.09. The highest BCUT2D eigenvalue weighted by atomic mass is 32.2. The van der Waals surface area contributed by atoms with Gasteiger partial charge in [0.2, 0.25) is 0 Å². The van der Waals surface area contributed by atoms with E-state index < -0.39 is 10.8 Å². The molecule has 1 unspecified atom stereocenters. The van der Waals surface area contributed by atoms with Crippen molar-refractivity contribution in [3.63, 3.8) is 0 Å². The zero-order valence-electron chi connectivity index (χ0n) is 14.2. The number of anilines is 1. The molecule has 0 aromatic heterocycles. The Kier molecular flexibility index (Phi) is 6.22. The SMILES string of the molecule is CC[C@@H]([C@@H](C)Nc1ccc(OC)cc1)S(=O)c1ccc(C)cc1. The number of nitrogens with one attached hydrogen (secondary N) is 1. The Labute approximate surface area is 141 Å². The monoisotopic (exact) mass is 331 g/mol. The van der Waals surface area contributed by atoms with Crippen molar-refractivity contribution in [3.05, 3.63) is 54.1 Å². The molecule has 3 atom stereocenters. The van der Waals surface area contributed by atoms with Crippen LogP contribution in [0.4, 0.5) is 5.69 Å². The molecule has 2 aromatic rings. The van der Waals surface area contributed by atoms with Crippen molar-refractivity contribution in [2.45, 2.75) is 43.4 Å². The summed E-state index contributed by atoms with van der Waals surface area (Å²) in [6.45, 7) is 6.21. The highest BCUT2D eigenvalue weighted by molar-refractivity contribution is 7.85. The van der Waals surface area contributed by atoms with E-state index in [0.29, 0.717) is 0 Å². The maximum absolute atomic E-state index is 12.9. The zero-order chi connectivity index (χ0) is 16.8. The van der Waals surface area contributed by atoms with E-state index in [-0.39, 0.29) is 11.3 Å². The number of benzene rings is 2. The molecule has 3 nitrogen and oxygen atoms in total. The number of rotatable bonds is 7. The molecule has 124 valence electrons. The van der Waals surface area contributed by atoms with E-state index in [1.165, 1.54) is 5.56 Å². The quantitative estimate of drug-likeness (QED) is 0.818. The average Bonchev–Trinajstić information content (AvgIpc) is 2.56. The van der Waals surface area contributed by atoms with E-state index in [1.54, 1.807) is 7.11 Å². The molecule has 1 N–H and O–H groups in total. The van der Waals surface area contributed by atoms with Crippen molar-refractivity contribution in [3.8, 4) is 5.75 Å². The van der Waals surface area contributed by atoms with Gasteiger partial charge in [-0.3, -0.25) is 4.21 Å². The Hall–Kier alpha value is -1.81. The lowest BCUT2D eigenvalue weighted by atomic mass is 10.1. The number of hydrogen-bond acceptors (Lipinski definition) is 3. The molecule has 0 radical (unpaired) electrons. The molecule has 0 aliphatic carbocycles. The van der Waals surface area contributed by atoms with Crippen molar-refractivity contribution in [2.75, 3.05) is 12.4 Å². The third-order valence-electron chi connectivity index (χ3n) is 3.97. The van der Waals surface area contributed by atoms with Crippen molar-refractivity contribution in [1.82, 2.24) is 0 Å². The minimum atomic E-state index is -1.03. The van der Waals surface area contributed by atoms with Gasteiger partial charge in [0.15, 0.2) is 0 Å². The zero-order valence-corrected chi connectivity index (χ0v) is 15.0. The van der Waals surface area contributed by atoms with Gasteiger partial charge in [0.1, 0.15) is 5.75 Å². The van der Waals surface area contributed by atoms with Gasteiger partial charge in [-0.15, -0.1) is 0 Å². The van der Waals surface area contributed by atoms with Crippen molar-refractivity contribution in [1.29, 1.82) is 0 Å². The minimum Gasteiger partial charge on any atom is -0.497 e. The van der Waals surface area contributed by atoms with Gasteiger partial charge >= 0.3 is 0 Å². The largest absolute Gasteiger partial charge is 0.497 e. The molecule has 0 amide bonds. The molecular weight excluding hydrogens is 306 g/mol. The summed E-state index contributed by atoms with van der Waals surface area (Å²) in [6, 6.07) is 15.9. The first-order valence-corrected chi connectivity index (χ1v) is 9.14. The fourth-order valence-electron chi connectivity index (χ4n) is 2.58. The minimum absolute atomic E-state index is 0.0554. The Bertz CT molecular complexity index is 637. The molecule has 0 spiro atoms. The lowest BCUT2D eigenvalue weighted by Gasteiger charge is -2.24. The van der Waals surface area contributed by atoms with Crippen molar-refractivity contribution >= 4 is 16.5 Å². The highest BCUT2D eigenvalue weighted by Crippen LogP contribution is 2.21. The molecule has 4 heteroatoms. The topological polar surface area (TPSA) is 38.3 Å². The van der Waals surface area contributed by atoms with Crippen molar-refractivity contribution in [2.24, 2.45) is 0 Å². The summed E-state index contributed by atoms with van der Waals surface area (Å²) in [5, 5.41) is 3.51. The average molecular weight is 331 g/mol. The lowest BCUT2D eigenvalue weighted by molar-refractivity contribution is 0.415. The molecule has 2 aromatic carbocycles. The van der Waals surface area contributed by atoms with Gasteiger partial charge in [-0.05, 0) is 56.7 Å². The maximum atomic E-state index is 12.9. The van der Waals surface area contributed by atoms with Crippen LogP contribution in [0.3, 0.4) is 0 Å². The van der Waals surface area contributed by atoms with Crippen molar-refractivity contribution < 1.29 is 8.95 Å². The molecular formula is C19H25NO2S. The van der Waals surface area contributed by atoms with Crippen LogP contribution >= 0.6 is 0 Å². The van der Waals surface area contributed by atoms with Gasteiger partial charge in [-0.25, -0.2) is 0 Å². The molecule has 0 saturated heterocycles. The second kappa shape index (κ2) is 8.16. The van der Waals surface area contributed by atoms with Crippen LogP contribution in [0.5, 0.6) is 5.75 Å². The second-order valence-corrected chi connectivity index (χ2v) is 7.39. The van der Waals surface area contributed by atoms with Crippen LogP contribution in [0, 0.1) is 6.92 Å². The van der Waals surface area contributed by atoms with Crippen LogP contribution in [0.15, 0.2) is 53.4 Å². The Morgan fingerprint density at radius 2 is 1.70 bits per heavy atom. The standard InChI is InChI=1S/C19H25NO2S/c1-5-19(23(21)18-12-6-14(2)7-13-18)15(3)20-16-8-10-17(22-4)11-9-16/h6-13,15,19-20H,5H2,1-4H3/t15-,19+,23?/m1/s1. The van der Waals surface area contributed by atoms with Gasteiger partial charge in [-0.2, -0.15) is 0 Å². The normalized spacial score (nSPS) is 14.8. The summed E-state index contributed by atoms with van der Waals surface area (Å²) in [6.07, 6.45) is 0.852. The Morgan fingerprint density at radius 1 is 1.09 bits per heavy atom. The number of methoxy groups -OCH3 is 1. The van der Waals surface area contributed by atoms with E-state index in [9.17, 15) is 4.21 Å². The van der Waals surface area contributed by atoms with Crippen LogP contribution in [0.1, 0.15) is 25.8 Å². The van der Waals surface area contributed by atoms with Crippen LogP contribution in [0.25, 0.3) is 0 Å². The summed E-state index contributed by atoms with van der Waals surface area (Å²) >= 11 is 0. The van der Waals surface area contributed by atoms with Gasteiger partial charge in [0, 0.05) is 16.6 Å². The van der Waals surface area contributed by atoms with Gasteiger partial charge in [0.05, 0.1) is 23.2 Å². The van der Waals surface area contributed by atoms with Gasteiger partial charge in [0.25, 0.3) is 0 Å². The smallest absolute Gasteiger partial charge is 0.119 e. The molecule has 0 heterocycles. The van der Waals surface area contributed by atoms with E-state index in [1.807, 2.05) is 55.5 Å². The van der Waals surface area contributed by atoms with Crippen LogP contribution in [0.2, 0.25) is 0 Å². The number of hydrogen-bond donors (Lipinski definition) is 1. The summed E-state index contributed by atoms with van der Waals surface area (Å²) in [7, 11) is 0.629. The summed E-state index contributed by atoms with van der Waals surface area (Å²) < 4.78 is 18.0. The summed E-state index contributed by atoms with van der Waals surface area (Å²) in [5.74, 6) is 0.832. The lowest BCUT2D eigenvalue weighted by Crippen LogP contribution is -2.34. The molecule has 0 aliphatic rings. The third-order valence-corrected chi connectivity index (χ3v) is 6.00. The van der Waals surface area contributed by atoms with E-state index in [4.69, 9.17) is 4.74 Å². The molecule has 0 bridgehead atoms. The first-order chi connectivity index (χ1) is 11.0. The highest BCUT2D eigenvalue weighted by Gasteiger charge is 2.23. The van der Waals surface area contributed by atoms with Gasteiger partial charge < -0.3 is 10.1 Å². The number of aryl methyl sites for hydroxylation is 1. The maximum Gasteiger partial charge on any atom is 0.119 e. The fourth-order valence-corrected chi connectivity index (χ4v) is 4.08. The number of ether oxygens (including phenoxy) is 1. The molecule has 0 aliphatic heterocycles. The van der Waals surface area contributed by atoms with E-state index >= 15 is 0 Å². The summed E-state index contributed by atoms with van der Waals surface area (Å²) in [4.78, 5) is 0.894. The fraction of sp³-hybridized carbons (Fsp3) is 0.368. The van der Waals surface area contributed by atoms with Crippen LogP contribution < -0.4 is 10.1 Å². The molecule has 23 heavy (non-hydrogen) atoms. The van der Waals surface area contributed by atoms with E-state index in [2.05, 4.69) is 19.2 Å². The van der Waals surface area contributed by atoms with E-state index in [0.717, 1.165) is 22.8 Å². The summed E-state index contributed by atoms with van der Waals surface area (Å²) in [5.41, 5.74) is 2.20. The van der Waals surface area contributed by atoms with Gasteiger partial charge in [-0.1, -0.05) is 24.6 Å². The molecule has 0 saturated carbocycles. The molecule has 0 fully saturated rings. The van der Waals surface area contributed by atoms with Crippen LogP contribution in [-0.2, 0) is 10.8 Å². The third kappa shape index (κ3) is 4.58. The second-order valence-electron chi connectivity index (χ2n) is 5.72. The predicted molar refractivity (Wildman–Crippen MR) is 97.7 cm³/mol. The molecule has 2 rings (SSSR count). The Morgan fingerprint density at radius 3 is 2.22 bits per heavy atom. The predicted octanol–water partition coefficient (Wildman–Crippen LogP) is 4.39.